The minimum atomic E-state index is -0.401. The summed E-state index contributed by atoms with van der Waals surface area (Å²) in [6.07, 6.45) is 0.825. The molecule has 7 nitrogen and oxygen atoms in total. The van der Waals surface area contributed by atoms with E-state index in [1.54, 1.807) is 6.07 Å². The molecule has 0 saturated carbocycles. The molecule has 0 aliphatic carbocycles. The van der Waals surface area contributed by atoms with E-state index in [1.165, 1.54) is 18.2 Å². The lowest BCUT2D eigenvalue weighted by Gasteiger charge is -2.30. The standard InChI is InChI=1S/C25H35BrFN5O2/c1-6-11-28-25(33)30-22-12-18(7-10-23(22)32(14-16(2)3)15-17(4)5)24(31-34)29-19-8-9-21(27)20(26)13-19/h7-10,12-13,16-17,34H,6,11,14-15H2,1-5H3,(H,29,31)(H2,28,30,33). The number of carbonyl (C=O) groups excluding carboxylic acids is 1. The molecule has 186 valence electrons. The molecule has 0 atom stereocenters. The van der Waals surface area contributed by atoms with Crippen LogP contribution in [0.15, 0.2) is 45.9 Å². The van der Waals surface area contributed by atoms with Crippen LogP contribution in [0.25, 0.3) is 0 Å². The van der Waals surface area contributed by atoms with Crippen molar-refractivity contribution < 1.29 is 14.4 Å². The number of amides is 2. The maximum absolute atomic E-state index is 13.6. The van der Waals surface area contributed by atoms with Crippen LogP contribution < -0.4 is 21.0 Å². The maximum atomic E-state index is 13.6. The summed E-state index contributed by atoms with van der Waals surface area (Å²) < 4.78 is 13.9. The highest BCUT2D eigenvalue weighted by Crippen LogP contribution is 2.30. The molecular weight excluding hydrogens is 501 g/mol. The van der Waals surface area contributed by atoms with Crippen LogP contribution >= 0.6 is 15.9 Å². The van der Waals surface area contributed by atoms with Crippen molar-refractivity contribution in [2.45, 2.75) is 41.0 Å². The molecule has 0 unspecified atom stereocenters. The SMILES string of the molecule is CCCNC(=O)Nc1cc(C(=Nc2ccc(F)c(Br)c2)NO)ccc1N(CC(C)C)CC(C)C. The van der Waals surface area contributed by atoms with Gasteiger partial charge in [0.15, 0.2) is 5.84 Å². The number of halogens is 2. The number of amidine groups is 1. The summed E-state index contributed by atoms with van der Waals surface area (Å²) in [6.45, 7) is 12.8. The highest BCUT2D eigenvalue weighted by atomic mass is 79.9. The van der Waals surface area contributed by atoms with Crippen LogP contribution in [0.3, 0.4) is 0 Å². The lowest BCUT2D eigenvalue weighted by atomic mass is 10.1. The third-order valence-electron chi connectivity index (χ3n) is 4.82. The van der Waals surface area contributed by atoms with Gasteiger partial charge in [0.2, 0.25) is 0 Å². The number of nitrogens with zero attached hydrogens (tertiary/aromatic N) is 2. The fraction of sp³-hybridized carbons (Fsp3) is 0.440. The van der Waals surface area contributed by atoms with Gasteiger partial charge >= 0.3 is 6.03 Å². The zero-order valence-electron chi connectivity index (χ0n) is 20.5. The van der Waals surface area contributed by atoms with Crippen molar-refractivity contribution in [1.29, 1.82) is 0 Å². The summed E-state index contributed by atoms with van der Waals surface area (Å²) in [7, 11) is 0. The molecule has 0 spiro atoms. The summed E-state index contributed by atoms with van der Waals surface area (Å²) >= 11 is 3.15. The van der Waals surface area contributed by atoms with E-state index in [2.05, 4.69) is 69.6 Å². The molecule has 4 N–H and O–H groups in total. The summed E-state index contributed by atoms with van der Waals surface area (Å²) in [5.41, 5.74) is 4.63. The van der Waals surface area contributed by atoms with Crippen molar-refractivity contribution in [3.63, 3.8) is 0 Å². The Morgan fingerprint density at radius 1 is 1.12 bits per heavy atom. The van der Waals surface area contributed by atoms with E-state index in [0.717, 1.165) is 25.2 Å². The number of anilines is 2. The largest absolute Gasteiger partial charge is 0.369 e. The van der Waals surface area contributed by atoms with E-state index in [9.17, 15) is 14.4 Å². The smallest absolute Gasteiger partial charge is 0.319 e. The highest BCUT2D eigenvalue weighted by Gasteiger charge is 2.18. The number of aliphatic imine (C=N–C) groups is 1. The van der Waals surface area contributed by atoms with Crippen molar-refractivity contribution in [2.24, 2.45) is 16.8 Å². The van der Waals surface area contributed by atoms with Crippen molar-refractivity contribution in [3.05, 3.63) is 52.3 Å². The number of urea groups is 1. The monoisotopic (exact) mass is 535 g/mol. The van der Waals surface area contributed by atoms with Gasteiger partial charge in [-0.1, -0.05) is 34.6 Å². The topological polar surface area (TPSA) is 89.0 Å². The second kappa shape index (κ2) is 13.3. The Morgan fingerprint density at radius 2 is 1.79 bits per heavy atom. The number of hydrogen-bond acceptors (Lipinski definition) is 4. The van der Waals surface area contributed by atoms with Gasteiger partial charge in [0.25, 0.3) is 0 Å². The van der Waals surface area contributed by atoms with Gasteiger partial charge in [-0.05, 0) is 70.6 Å². The normalized spacial score (nSPS) is 11.6. The van der Waals surface area contributed by atoms with Crippen molar-refractivity contribution in [2.75, 3.05) is 29.9 Å². The van der Waals surface area contributed by atoms with Crippen LogP contribution in [0.1, 0.15) is 46.6 Å². The first-order valence-electron chi connectivity index (χ1n) is 11.5. The Balaban J connectivity index is 2.52. The highest BCUT2D eigenvalue weighted by molar-refractivity contribution is 9.10. The molecule has 9 heteroatoms. The second-order valence-electron chi connectivity index (χ2n) is 8.98. The molecule has 34 heavy (non-hydrogen) atoms. The van der Waals surface area contributed by atoms with Crippen LogP contribution in [-0.4, -0.2) is 36.7 Å². The number of hydroxylamine groups is 1. The first kappa shape index (κ1) is 27.6. The molecule has 2 rings (SSSR count). The third kappa shape index (κ3) is 8.29. The number of hydrogen-bond donors (Lipinski definition) is 4. The molecule has 0 heterocycles. The molecular formula is C25H35BrFN5O2. The summed E-state index contributed by atoms with van der Waals surface area (Å²) in [4.78, 5) is 19.2. The van der Waals surface area contributed by atoms with E-state index in [0.29, 0.717) is 35.3 Å². The van der Waals surface area contributed by atoms with Gasteiger partial charge in [0.05, 0.1) is 21.5 Å². The minimum Gasteiger partial charge on any atom is -0.369 e. The summed E-state index contributed by atoms with van der Waals surface area (Å²) in [5, 5.41) is 15.6. The van der Waals surface area contributed by atoms with E-state index in [-0.39, 0.29) is 16.3 Å². The molecule has 0 radical (unpaired) electrons. The number of carbonyl (C=O) groups is 1. The van der Waals surface area contributed by atoms with Gasteiger partial charge in [0, 0.05) is 25.2 Å². The van der Waals surface area contributed by atoms with Gasteiger partial charge in [-0.25, -0.2) is 14.2 Å². The van der Waals surface area contributed by atoms with Crippen LogP contribution in [0.5, 0.6) is 0 Å². The van der Waals surface area contributed by atoms with E-state index >= 15 is 0 Å². The Kier molecular flexibility index (Phi) is 10.8. The molecule has 0 bridgehead atoms. The Morgan fingerprint density at radius 3 is 2.35 bits per heavy atom. The van der Waals surface area contributed by atoms with Gasteiger partial charge in [-0.3, -0.25) is 10.7 Å². The lowest BCUT2D eigenvalue weighted by molar-refractivity contribution is 0.235. The van der Waals surface area contributed by atoms with E-state index in [4.69, 9.17) is 0 Å². The Bertz CT molecular complexity index is 987. The molecule has 2 aromatic rings. The first-order chi connectivity index (χ1) is 16.1. The Hall–Kier alpha value is -2.65. The number of rotatable bonds is 10. The fourth-order valence-corrected chi connectivity index (χ4v) is 3.82. The third-order valence-corrected chi connectivity index (χ3v) is 5.42. The van der Waals surface area contributed by atoms with Gasteiger partial charge in [0.1, 0.15) is 5.82 Å². The summed E-state index contributed by atoms with van der Waals surface area (Å²) in [5.74, 6) is 0.616. The zero-order valence-corrected chi connectivity index (χ0v) is 22.0. The molecule has 2 amide bonds. The van der Waals surface area contributed by atoms with Crippen molar-refractivity contribution >= 4 is 44.9 Å². The van der Waals surface area contributed by atoms with Crippen molar-refractivity contribution in [3.8, 4) is 0 Å². The molecule has 0 aliphatic rings. The Labute approximate surface area is 209 Å². The lowest BCUT2D eigenvalue weighted by Crippen LogP contribution is -2.34. The van der Waals surface area contributed by atoms with Gasteiger partial charge in [-0.15, -0.1) is 0 Å². The second-order valence-corrected chi connectivity index (χ2v) is 9.83. The minimum absolute atomic E-state index is 0.168. The average Bonchev–Trinajstić information content (AvgIpc) is 2.77. The van der Waals surface area contributed by atoms with Crippen molar-refractivity contribution in [1.82, 2.24) is 10.8 Å². The number of nitrogens with one attached hydrogen (secondary N) is 3. The summed E-state index contributed by atoms with van der Waals surface area (Å²) in [6, 6.07) is 9.55. The maximum Gasteiger partial charge on any atom is 0.319 e. The van der Waals surface area contributed by atoms with Gasteiger partial charge in [-0.2, -0.15) is 0 Å². The van der Waals surface area contributed by atoms with E-state index < -0.39 is 5.82 Å². The fourth-order valence-electron chi connectivity index (χ4n) is 3.45. The predicted molar refractivity (Wildman–Crippen MR) is 141 cm³/mol. The van der Waals surface area contributed by atoms with Crippen LogP contribution in [0.2, 0.25) is 0 Å². The van der Waals surface area contributed by atoms with Gasteiger partial charge < -0.3 is 15.5 Å². The molecule has 2 aromatic carbocycles. The first-order valence-corrected chi connectivity index (χ1v) is 12.3. The molecule has 0 saturated heterocycles. The molecule has 0 fully saturated rings. The van der Waals surface area contributed by atoms with Crippen LogP contribution in [0.4, 0.5) is 26.2 Å². The quantitative estimate of drug-likeness (QED) is 0.163. The predicted octanol–water partition coefficient (Wildman–Crippen LogP) is 6.30. The van der Waals surface area contributed by atoms with E-state index in [1.807, 2.05) is 19.1 Å². The van der Waals surface area contributed by atoms with Crippen LogP contribution in [-0.2, 0) is 0 Å². The van der Waals surface area contributed by atoms with Crippen LogP contribution in [0, 0.1) is 17.7 Å². The zero-order chi connectivity index (χ0) is 25.3. The molecule has 0 aromatic heterocycles. The average molecular weight is 536 g/mol. The number of benzene rings is 2. The molecule has 0 aliphatic heterocycles.